The van der Waals surface area contributed by atoms with Crippen LogP contribution in [0.3, 0.4) is 0 Å². The quantitative estimate of drug-likeness (QED) is 0.166. The second-order valence-corrected chi connectivity index (χ2v) is 16.7. The molecular weight excluding hydrogens is 737 g/mol. The summed E-state index contributed by atoms with van der Waals surface area (Å²) >= 11 is 0. The molecule has 0 bridgehead atoms. The molecule has 13 rings (SSSR count). The van der Waals surface area contributed by atoms with Gasteiger partial charge >= 0.3 is 0 Å². The Morgan fingerprint density at radius 3 is 1.69 bits per heavy atom. The highest BCUT2D eigenvalue weighted by Gasteiger charge is 2.51. The minimum absolute atomic E-state index is 0.194. The van der Waals surface area contributed by atoms with E-state index in [9.17, 15) is 0 Å². The van der Waals surface area contributed by atoms with Gasteiger partial charge < -0.3 is 0 Å². The van der Waals surface area contributed by atoms with Crippen LogP contribution in [0.1, 0.15) is 40.3 Å². The van der Waals surface area contributed by atoms with E-state index in [4.69, 9.17) is 9.97 Å². The smallest absolute Gasteiger partial charge is 0.160 e. The van der Waals surface area contributed by atoms with Gasteiger partial charge in [0.15, 0.2) is 5.82 Å². The van der Waals surface area contributed by atoms with Crippen molar-refractivity contribution in [3.63, 3.8) is 0 Å². The van der Waals surface area contributed by atoms with Crippen LogP contribution in [0.15, 0.2) is 212 Å². The van der Waals surface area contributed by atoms with E-state index in [-0.39, 0.29) is 5.92 Å². The molecule has 0 saturated heterocycles. The van der Waals surface area contributed by atoms with E-state index >= 15 is 0 Å². The van der Waals surface area contributed by atoms with Crippen molar-refractivity contribution in [2.75, 3.05) is 0 Å². The predicted octanol–water partition coefficient (Wildman–Crippen LogP) is 14.9. The number of nitrogens with zero attached hydrogens (tertiary/aromatic N) is 2. The van der Waals surface area contributed by atoms with Gasteiger partial charge in [-0.05, 0) is 113 Å². The molecular formula is C59H38N2. The maximum Gasteiger partial charge on any atom is 0.160 e. The molecule has 1 atom stereocenters. The van der Waals surface area contributed by atoms with Crippen LogP contribution >= 0.6 is 0 Å². The number of allylic oxidation sites excluding steroid dienone is 4. The Balaban J connectivity index is 1.07. The highest BCUT2D eigenvalue weighted by molar-refractivity contribution is 6.29. The van der Waals surface area contributed by atoms with Crippen molar-refractivity contribution in [2.45, 2.75) is 17.8 Å². The first-order chi connectivity index (χ1) is 30.3. The van der Waals surface area contributed by atoms with Gasteiger partial charge in [-0.1, -0.05) is 194 Å². The lowest BCUT2D eigenvalue weighted by atomic mass is 9.70. The van der Waals surface area contributed by atoms with E-state index in [2.05, 4.69) is 212 Å². The van der Waals surface area contributed by atoms with E-state index in [1.165, 1.54) is 88.0 Å². The summed E-state index contributed by atoms with van der Waals surface area (Å²) < 4.78 is 0. The molecule has 284 valence electrons. The first-order valence-corrected chi connectivity index (χ1v) is 21.4. The zero-order valence-electron chi connectivity index (χ0n) is 33.4. The molecule has 0 aliphatic heterocycles. The van der Waals surface area contributed by atoms with Crippen LogP contribution in [0.4, 0.5) is 0 Å². The van der Waals surface area contributed by atoms with Gasteiger partial charge in [0.1, 0.15) is 0 Å². The van der Waals surface area contributed by atoms with Crippen LogP contribution in [-0.2, 0) is 5.41 Å². The van der Waals surface area contributed by atoms with Gasteiger partial charge in [0.25, 0.3) is 0 Å². The molecule has 1 aromatic heterocycles. The minimum Gasteiger partial charge on any atom is -0.232 e. The Morgan fingerprint density at radius 1 is 0.393 bits per heavy atom. The predicted molar refractivity (Wildman–Crippen MR) is 253 cm³/mol. The molecule has 1 unspecified atom stereocenters. The molecule has 3 aliphatic carbocycles. The third-order valence-corrected chi connectivity index (χ3v) is 13.6. The molecule has 0 fully saturated rings. The second kappa shape index (κ2) is 13.2. The summed E-state index contributed by atoms with van der Waals surface area (Å²) in [6.07, 6.45) is 9.67. The number of aromatic nitrogens is 2. The summed E-state index contributed by atoms with van der Waals surface area (Å²) in [6.45, 7) is 0. The maximum absolute atomic E-state index is 5.32. The first-order valence-electron chi connectivity index (χ1n) is 21.4. The molecule has 3 aliphatic rings. The number of fused-ring (bicyclic) bond motifs is 16. The number of rotatable bonds is 4. The van der Waals surface area contributed by atoms with Gasteiger partial charge in [0.05, 0.1) is 16.8 Å². The SMILES string of the molecule is C1=CCC(c2cc(-c3ccccc3)nc(-c3ccc4c5ccccc5c5cccc(-c6ccc7c(c6)C6(c8ccccc8-c8ccccc86)c6ccccc6-7)c5c4c3)n2)C=C1. The van der Waals surface area contributed by atoms with Crippen LogP contribution in [-0.4, -0.2) is 9.97 Å². The monoisotopic (exact) mass is 774 g/mol. The van der Waals surface area contributed by atoms with Gasteiger partial charge in [0.2, 0.25) is 0 Å². The van der Waals surface area contributed by atoms with Crippen molar-refractivity contribution in [1.29, 1.82) is 0 Å². The molecule has 2 heteroatoms. The molecule has 0 saturated carbocycles. The fraction of sp³-hybridized carbons (Fsp3) is 0.0508. The summed E-state index contributed by atoms with van der Waals surface area (Å²) in [4.78, 5) is 10.6. The van der Waals surface area contributed by atoms with Crippen molar-refractivity contribution >= 4 is 32.3 Å². The Morgan fingerprint density at radius 2 is 0.984 bits per heavy atom. The molecule has 10 aromatic rings. The Kier molecular flexibility index (Phi) is 7.38. The van der Waals surface area contributed by atoms with Crippen molar-refractivity contribution in [1.82, 2.24) is 9.97 Å². The normalized spacial score (nSPS) is 15.3. The Hall–Kier alpha value is -7.68. The van der Waals surface area contributed by atoms with Crippen LogP contribution in [0.25, 0.3) is 88.3 Å². The molecule has 0 amide bonds. The molecule has 2 nitrogen and oxygen atoms in total. The van der Waals surface area contributed by atoms with Crippen molar-refractivity contribution in [3.05, 3.63) is 240 Å². The van der Waals surface area contributed by atoms with Gasteiger partial charge in [-0.15, -0.1) is 0 Å². The van der Waals surface area contributed by atoms with Crippen molar-refractivity contribution in [2.24, 2.45) is 0 Å². The molecule has 0 radical (unpaired) electrons. The Bertz CT molecular complexity index is 3450. The van der Waals surface area contributed by atoms with Crippen LogP contribution in [0, 0.1) is 0 Å². The molecule has 0 N–H and O–H groups in total. The highest BCUT2D eigenvalue weighted by atomic mass is 14.9. The van der Waals surface area contributed by atoms with Crippen LogP contribution in [0.5, 0.6) is 0 Å². The molecule has 1 spiro atoms. The van der Waals surface area contributed by atoms with Gasteiger partial charge in [-0.2, -0.15) is 0 Å². The number of hydrogen-bond acceptors (Lipinski definition) is 2. The summed E-state index contributed by atoms with van der Waals surface area (Å²) in [5.41, 5.74) is 16.8. The summed E-state index contributed by atoms with van der Waals surface area (Å²) in [5.74, 6) is 0.940. The molecule has 61 heavy (non-hydrogen) atoms. The fourth-order valence-electron chi connectivity index (χ4n) is 11.0. The fourth-order valence-corrected chi connectivity index (χ4v) is 11.0. The van der Waals surface area contributed by atoms with Gasteiger partial charge in [0, 0.05) is 17.0 Å². The summed E-state index contributed by atoms with van der Waals surface area (Å²) in [6, 6.07) is 69.7. The standard InChI is InChI=1S/C59H38N2/c1-3-16-37(17-4-1)55-36-56(38-18-5-2-6-19-38)61-58(60-55)40-31-32-44-42-20-7-8-21-43(42)49-26-15-25-41(57(49)50(44)34-40)39-30-33-48-47-24-11-14-29-53(47)59(54(48)35-39)51-27-12-9-22-45(51)46-23-10-13-28-52(46)59/h1-18,20-36,38H,19H2. The largest absolute Gasteiger partial charge is 0.232 e. The average molecular weight is 775 g/mol. The maximum atomic E-state index is 5.32. The lowest BCUT2D eigenvalue weighted by Gasteiger charge is -2.30. The topological polar surface area (TPSA) is 25.8 Å². The zero-order chi connectivity index (χ0) is 40.1. The lowest BCUT2D eigenvalue weighted by Crippen LogP contribution is -2.25. The van der Waals surface area contributed by atoms with E-state index in [1.54, 1.807) is 0 Å². The molecule has 9 aromatic carbocycles. The van der Waals surface area contributed by atoms with Crippen molar-refractivity contribution in [3.8, 4) is 56.0 Å². The lowest BCUT2D eigenvalue weighted by molar-refractivity contribution is 0.794. The summed E-state index contributed by atoms with van der Waals surface area (Å²) in [5, 5.41) is 7.41. The number of benzene rings is 9. The van der Waals surface area contributed by atoms with Crippen LogP contribution in [0.2, 0.25) is 0 Å². The van der Waals surface area contributed by atoms with Crippen LogP contribution < -0.4 is 0 Å². The van der Waals surface area contributed by atoms with E-state index in [1.807, 2.05) is 0 Å². The van der Waals surface area contributed by atoms with E-state index in [0.717, 1.165) is 34.8 Å². The first kappa shape index (κ1) is 34.2. The average Bonchev–Trinajstić information content (AvgIpc) is 3.81. The highest BCUT2D eigenvalue weighted by Crippen LogP contribution is 2.63. The van der Waals surface area contributed by atoms with E-state index < -0.39 is 5.41 Å². The minimum atomic E-state index is -0.413. The molecule has 1 heterocycles. The third kappa shape index (κ3) is 4.91. The number of hydrogen-bond donors (Lipinski definition) is 0. The summed E-state index contributed by atoms with van der Waals surface area (Å²) in [7, 11) is 0. The van der Waals surface area contributed by atoms with Crippen molar-refractivity contribution < 1.29 is 0 Å². The Labute approximate surface area is 354 Å². The van der Waals surface area contributed by atoms with Gasteiger partial charge in [-0.25, -0.2) is 9.97 Å². The second-order valence-electron chi connectivity index (χ2n) is 16.7. The third-order valence-electron chi connectivity index (χ3n) is 13.6. The zero-order valence-corrected chi connectivity index (χ0v) is 33.4. The van der Waals surface area contributed by atoms with Gasteiger partial charge in [-0.3, -0.25) is 0 Å². The van der Waals surface area contributed by atoms with E-state index in [0.29, 0.717) is 0 Å².